The van der Waals surface area contributed by atoms with Gasteiger partial charge in [0.25, 0.3) is 0 Å². The molecule has 108 valence electrons. The SMILES string of the molecule is CN(CC(C)(C)O)S(=O)(=O)c1c(N)cc(Br)cc1Br. The largest absolute Gasteiger partial charge is 0.398 e. The lowest BCUT2D eigenvalue weighted by atomic mass is 10.1. The van der Waals surface area contributed by atoms with Gasteiger partial charge in [0.15, 0.2) is 0 Å². The van der Waals surface area contributed by atoms with Gasteiger partial charge in [0.05, 0.1) is 11.3 Å². The first-order valence-electron chi connectivity index (χ1n) is 5.38. The highest BCUT2D eigenvalue weighted by molar-refractivity contribution is 9.11. The Hall–Kier alpha value is -0.150. The summed E-state index contributed by atoms with van der Waals surface area (Å²) in [6, 6.07) is 3.14. The number of nitrogens with zero attached hydrogens (tertiary/aromatic N) is 1. The highest BCUT2D eigenvalue weighted by Crippen LogP contribution is 2.33. The Bertz CT molecular complexity index is 559. The maximum absolute atomic E-state index is 12.5. The van der Waals surface area contributed by atoms with Crippen molar-refractivity contribution in [2.75, 3.05) is 19.3 Å². The maximum Gasteiger partial charge on any atom is 0.246 e. The highest BCUT2D eigenvalue weighted by atomic mass is 79.9. The topological polar surface area (TPSA) is 83.6 Å². The molecule has 0 radical (unpaired) electrons. The van der Waals surface area contributed by atoms with Crippen LogP contribution in [0.15, 0.2) is 26.0 Å². The van der Waals surface area contributed by atoms with Crippen LogP contribution in [0.1, 0.15) is 13.8 Å². The van der Waals surface area contributed by atoms with Gasteiger partial charge < -0.3 is 10.8 Å². The molecule has 1 aromatic rings. The number of benzene rings is 1. The molecule has 3 N–H and O–H groups in total. The predicted molar refractivity (Wildman–Crippen MR) is 82.4 cm³/mol. The number of halogens is 2. The lowest BCUT2D eigenvalue weighted by molar-refractivity contribution is 0.0640. The van der Waals surface area contributed by atoms with Crippen LogP contribution in [0.25, 0.3) is 0 Å². The summed E-state index contributed by atoms with van der Waals surface area (Å²) in [6.45, 7) is 3.05. The fraction of sp³-hybridized carbons (Fsp3) is 0.455. The predicted octanol–water partition coefficient (Wildman–Crippen LogP) is 2.19. The van der Waals surface area contributed by atoms with E-state index >= 15 is 0 Å². The fourth-order valence-electron chi connectivity index (χ4n) is 1.64. The molecule has 19 heavy (non-hydrogen) atoms. The van der Waals surface area contributed by atoms with E-state index in [9.17, 15) is 13.5 Å². The van der Waals surface area contributed by atoms with Gasteiger partial charge in [-0.05, 0) is 41.9 Å². The highest BCUT2D eigenvalue weighted by Gasteiger charge is 2.29. The molecule has 0 unspecified atom stereocenters. The van der Waals surface area contributed by atoms with Crippen molar-refractivity contribution in [2.24, 2.45) is 0 Å². The average molecular weight is 416 g/mol. The molecule has 0 saturated carbocycles. The number of rotatable bonds is 4. The fourth-order valence-corrected chi connectivity index (χ4v) is 4.97. The van der Waals surface area contributed by atoms with Crippen molar-refractivity contribution in [2.45, 2.75) is 24.3 Å². The summed E-state index contributed by atoms with van der Waals surface area (Å²) < 4.78 is 27.0. The molecule has 0 saturated heterocycles. The van der Waals surface area contributed by atoms with Gasteiger partial charge in [-0.3, -0.25) is 0 Å². The quantitative estimate of drug-likeness (QED) is 0.738. The van der Waals surface area contributed by atoms with E-state index in [4.69, 9.17) is 5.73 Å². The summed E-state index contributed by atoms with van der Waals surface area (Å²) in [4.78, 5) is 0.00227. The Labute approximate surface area is 130 Å². The molecule has 0 fully saturated rings. The van der Waals surface area contributed by atoms with E-state index in [1.807, 2.05) is 0 Å². The second kappa shape index (κ2) is 5.69. The normalized spacial score (nSPS) is 13.0. The van der Waals surface area contributed by atoms with Crippen LogP contribution in [0.2, 0.25) is 0 Å². The Morgan fingerprint density at radius 3 is 2.32 bits per heavy atom. The van der Waals surface area contributed by atoms with E-state index in [1.165, 1.54) is 13.1 Å². The summed E-state index contributed by atoms with van der Waals surface area (Å²) in [5.41, 5.74) is 4.80. The standard InChI is InChI=1S/C11H16Br2N2O3S/c1-11(2,16)6-15(3)19(17,18)10-8(13)4-7(12)5-9(10)14/h4-5,16H,6,14H2,1-3H3. The summed E-state index contributed by atoms with van der Waals surface area (Å²) in [6.07, 6.45) is 0. The number of aliphatic hydroxyl groups is 1. The maximum atomic E-state index is 12.5. The van der Waals surface area contributed by atoms with Gasteiger partial charge in [0, 0.05) is 22.5 Å². The molecule has 1 rings (SSSR count). The van der Waals surface area contributed by atoms with E-state index in [0.717, 1.165) is 4.31 Å². The summed E-state index contributed by atoms with van der Waals surface area (Å²) >= 11 is 6.44. The van der Waals surface area contributed by atoms with E-state index in [2.05, 4.69) is 31.9 Å². The van der Waals surface area contributed by atoms with Crippen LogP contribution in [0, 0.1) is 0 Å². The third kappa shape index (κ3) is 4.16. The molecule has 0 heterocycles. The lowest BCUT2D eigenvalue weighted by Crippen LogP contribution is -2.40. The number of hydrogen-bond donors (Lipinski definition) is 2. The number of nitrogen functional groups attached to an aromatic ring is 1. The number of sulfonamides is 1. The van der Waals surface area contributed by atoms with Crippen molar-refractivity contribution in [1.29, 1.82) is 0 Å². The third-order valence-electron chi connectivity index (χ3n) is 2.31. The molecular formula is C11H16Br2N2O3S. The first-order chi connectivity index (χ1) is 8.45. The van der Waals surface area contributed by atoms with E-state index in [0.29, 0.717) is 8.95 Å². The van der Waals surface area contributed by atoms with Gasteiger partial charge in [-0.15, -0.1) is 0 Å². The van der Waals surface area contributed by atoms with Gasteiger partial charge in [-0.25, -0.2) is 8.42 Å². The Morgan fingerprint density at radius 2 is 1.89 bits per heavy atom. The van der Waals surface area contributed by atoms with Crippen LogP contribution in [-0.2, 0) is 10.0 Å². The van der Waals surface area contributed by atoms with Crippen LogP contribution in [0.4, 0.5) is 5.69 Å². The van der Waals surface area contributed by atoms with Gasteiger partial charge in [-0.2, -0.15) is 4.31 Å². The zero-order chi connectivity index (χ0) is 15.0. The molecular weight excluding hydrogens is 400 g/mol. The number of nitrogens with two attached hydrogens (primary N) is 1. The lowest BCUT2D eigenvalue weighted by Gasteiger charge is -2.26. The van der Waals surface area contributed by atoms with Gasteiger partial charge >= 0.3 is 0 Å². The zero-order valence-electron chi connectivity index (χ0n) is 10.8. The first kappa shape index (κ1) is 16.9. The molecule has 0 spiro atoms. The number of hydrogen-bond acceptors (Lipinski definition) is 4. The molecule has 5 nitrogen and oxygen atoms in total. The van der Waals surface area contributed by atoms with E-state index in [-0.39, 0.29) is 17.1 Å². The van der Waals surface area contributed by atoms with Crippen molar-refractivity contribution >= 4 is 47.6 Å². The van der Waals surface area contributed by atoms with Crippen LogP contribution >= 0.6 is 31.9 Å². The minimum Gasteiger partial charge on any atom is -0.398 e. The van der Waals surface area contributed by atoms with Crippen LogP contribution in [-0.4, -0.2) is 37.0 Å². The van der Waals surface area contributed by atoms with Crippen LogP contribution < -0.4 is 5.73 Å². The second-order valence-corrected chi connectivity index (χ2v) is 8.63. The molecule has 0 amide bonds. The van der Waals surface area contributed by atoms with Gasteiger partial charge in [-0.1, -0.05) is 15.9 Å². The van der Waals surface area contributed by atoms with Crippen molar-refractivity contribution < 1.29 is 13.5 Å². The van der Waals surface area contributed by atoms with Crippen molar-refractivity contribution in [1.82, 2.24) is 4.31 Å². The molecule has 0 atom stereocenters. The summed E-state index contributed by atoms with van der Waals surface area (Å²) in [5.74, 6) is 0. The molecule has 0 aromatic heterocycles. The minimum atomic E-state index is -3.77. The molecule has 0 aliphatic carbocycles. The van der Waals surface area contributed by atoms with Crippen molar-refractivity contribution in [3.63, 3.8) is 0 Å². The van der Waals surface area contributed by atoms with Crippen LogP contribution in [0.3, 0.4) is 0 Å². The Balaban J connectivity index is 3.29. The Morgan fingerprint density at radius 1 is 1.37 bits per heavy atom. The molecule has 0 aliphatic rings. The van der Waals surface area contributed by atoms with E-state index in [1.54, 1.807) is 19.9 Å². The smallest absolute Gasteiger partial charge is 0.246 e. The van der Waals surface area contributed by atoms with Crippen molar-refractivity contribution in [3.05, 3.63) is 21.1 Å². The number of anilines is 1. The van der Waals surface area contributed by atoms with E-state index < -0.39 is 15.6 Å². The summed E-state index contributed by atoms with van der Waals surface area (Å²) in [7, 11) is -2.37. The monoisotopic (exact) mass is 414 g/mol. The average Bonchev–Trinajstić information content (AvgIpc) is 2.11. The third-order valence-corrected chi connectivity index (χ3v) is 5.58. The minimum absolute atomic E-state index is 0.00227. The van der Waals surface area contributed by atoms with Gasteiger partial charge in [0.1, 0.15) is 4.90 Å². The van der Waals surface area contributed by atoms with Gasteiger partial charge in [0.2, 0.25) is 10.0 Å². The molecule has 1 aromatic carbocycles. The van der Waals surface area contributed by atoms with Crippen LogP contribution in [0.5, 0.6) is 0 Å². The second-order valence-electron chi connectivity index (χ2n) is 4.88. The summed E-state index contributed by atoms with van der Waals surface area (Å²) in [5, 5.41) is 9.72. The Kier molecular flexibility index (Phi) is 5.06. The number of likely N-dealkylation sites (N-methyl/N-ethyl adjacent to an activating group) is 1. The molecule has 8 heteroatoms. The molecule has 0 aliphatic heterocycles. The van der Waals surface area contributed by atoms with Crippen molar-refractivity contribution in [3.8, 4) is 0 Å². The zero-order valence-corrected chi connectivity index (χ0v) is 14.8. The first-order valence-corrected chi connectivity index (χ1v) is 8.41. The molecule has 0 bridgehead atoms.